The van der Waals surface area contributed by atoms with Crippen molar-refractivity contribution in [2.75, 3.05) is 0 Å². The quantitative estimate of drug-likeness (QED) is 0.179. The van der Waals surface area contributed by atoms with Crippen LogP contribution in [0.1, 0.15) is 16.7 Å². The van der Waals surface area contributed by atoms with Gasteiger partial charge >= 0.3 is 0 Å². The van der Waals surface area contributed by atoms with Crippen LogP contribution in [0.15, 0.2) is 158 Å². The number of rotatable bonds is 4. The molecule has 0 aliphatic heterocycles. The molecule has 0 spiro atoms. The zero-order chi connectivity index (χ0) is 34.5. The Balaban J connectivity index is 1.33. The summed E-state index contributed by atoms with van der Waals surface area (Å²) in [7, 11) is 0. The molecule has 8 aromatic carbocycles. The van der Waals surface area contributed by atoms with Gasteiger partial charge in [0.2, 0.25) is 0 Å². The Morgan fingerprint density at radius 1 is 0.373 bits per heavy atom. The van der Waals surface area contributed by atoms with Gasteiger partial charge in [-0.3, -0.25) is 0 Å². The molecular weight excluding hydrogens is 621 g/mol. The van der Waals surface area contributed by atoms with E-state index in [-0.39, 0.29) is 0 Å². The molecule has 9 aromatic rings. The number of benzene rings is 8. The van der Waals surface area contributed by atoms with Crippen LogP contribution in [0.25, 0.3) is 82.4 Å². The van der Waals surface area contributed by atoms with Crippen LogP contribution in [0.5, 0.6) is 0 Å². The van der Waals surface area contributed by atoms with Crippen LogP contribution in [-0.2, 0) is 0 Å². The average Bonchev–Trinajstić information content (AvgIpc) is 3.52. The zero-order valence-electron chi connectivity index (χ0n) is 27.3. The molecule has 0 aliphatic rings. The molecule has 0 unspecified atom stereocenters. The molecule has 0 aliphatic carbocycles. The largest absolute Gasteiger partial charge is 0.308 e. The molecule has 0 saturated heterocycles. The summed E-state index contributed by atoms with van der Waals surface area (Å²) >= 11 is 0. The lowest BCUT2D eigenvalue weighted by atomic mass is 9.84. The molecule has 0 atom stereocenters. The molecule has 0 amide bonds. The first kappa shape index (κ1) is 29.7. The van der Waals surface area contributed by atoms with Crippen molar-refractivity contribution in [3.63, 3.8) is 0 Å². The average molecular weight is 647 g/mol. The minimum absolute atomic E-state index is 0.520. The Kier molecular flexibility index (Phi) is 6.93. The van der Waals surface area contributed by atoms with Crippen LogP contribution >= 0.6 is 0 Å². The molecule has 4 heteroatoms. The fraction of sp³-hybridized carbons (Fsp3) is 0. The Morgan fingerprint density at radius 3 is 1.43 bits per heavy atom. The van der Waals surface area contributed by atoms with Crippen molar-refractivity contribution in [3.05, 3.63) is 174 Å². The molecular formula is C47H26N4. The van der Waals surface area contributed by atoms with Gasteiger partial charge in [-0.25, -0.2) is 0 Å². The first-order valence-electron chi connectivity index (χ1n) is 16.7. The molecule has 51 heavy (non-hydrogen) atoms. The molecule has 0 bridgehead atoms. The second-order valence-corrected chi connectivity index (χ2v) is 12.6. The summed E-state index contributed by atoms with van der Waals surface area (Å²) in [6.45, 7) is 0. The Morgan fingerprint density at radius 2 is 0.882 bits per heavy atom. The number of aromatic nitrogens is 1. The van der Waals surface area contributed by atoms with Crippen LogP contribution in [0.4, 0.5) is 0 Å². The minimum Gasteiger partial charge on any atom is -0.308 e. The summed E-state index contributed by atoms with van der Waals surface area (Å²) in [6, 6.07) is 60.5. The van der Waals surface area contributed by atoms with E-state index in [1.807, 2.05) is 36.4 Å². The van der Waals surface area contributed by atoms with Crippen LogP contribution in [0.3, 0.4) is 0 Å². The van der Waals surface area contributed by atoms with Crippen LogP contribution in [0, 0.1) is 34.0 Å². The predicted octanol–water partition coefficient (Wildman–Crippen LogP) is 11.7. The standard InChI is InChI=1S/C47H26N4/c48-27-30-18-22-43-41(24-30)42-25-31(28-49)19-23-44(42)51(43)45-26-33(20-21-34(45)29-50)35-12-4-5-13-36(35)47-39-16-8-6-14-37(39)46(32-10-2-1-3-11-32)38-15-7-9-17-40(38)47/h1-26H. The smallest absolute Gasteiger partial charge is 0.101 e. The van der Waals surface area contributed by atoms with Gasteiger partial charge in [-0.1, -0.05) is 109 Å². The van der Waals surface area contributed by atoms with Crippen molar-refractivity contribution in [1.29, 1.82) is 15.8 Å². The molecule has 0 fully saturated rings. The van der Waals surface area contributed by atoms with E-state index in [2.05, 4.69) is 132 Å². The van der Waals surface area contributed by atoms with E-state index in [1.54, 1.807) is 12.1 Å². The molecule has 0 saturated carbocycles. The van der Waals surface area contributed by atoms with E-state index in [0.717, 1.165) is 49.7 Å². The highest BCUT2D eigenvalue weighted by Gasteiger charge is 2.21. The van der Waals surface area contributed by atoms with Gasteiger partial charge in [-0.15, -0.1) is 0 Å². The van der Waals surface area contributed by atoms with E-state index in [9.17, 15) is 15.8 Å². The van der Waals surface area contributed by atoms with Gasteiger partial charge in [0, 0.05) is 10.8 Å². The lowest BCUT2D eigenvalue weighted by Gasteiger charge is -2.20. The van der Waals surface area contributed by atoms with Gasteiger partial charge in [0.05, 0.1) is 45.5 Å². The normalized spacial score (nSPS) is 11.1. The number of hydrogen-bond donors (Lipinski definition) is 0. The van der Waals surface area contributed by atoms with E-state index < -0.39 is 0 Å². The first-order chi connectivity index (χ1) is 25.2. The number of nitriles is 3. The second-order valence-electron chi connectivity index (χ2n) is 12.6. The topological polar surface area (TPSA) is 76.3 Å². The van der Waals surface area contributed by atoms with Crippen molar-refractivity contribution in [1.82, 2.24) is 4.57 Å². The van der Waals surface area contributed by atoms with Crippen molar-refractivity contribution in [3.8, 4) is 57.3 Å². The number of hydrogen-bond acceptors (Lipinski definition) is 3. The van der Waals surface area contributed by atoms with Crippen LogP contribution in [-0.4, -0.2) is 4.57 Å². The van der Waals surface area contributed by atoms with E-state index in [0.29, 0.717) is 16.7 Å². The number of fused-ring (bicyclic) bond motifs is 5. The van der Waals surface area contributed by atoms with Crippen molar-refractivity contribution < 1.29 is 0 Å². The highest BCUT2D eigenvalue weighted by molar-refractivity contribution is 6.22. The van der Waals surface area contributed by atoms with Gasteiger partial charge in [0.1, 0.15) is 6.07 Å². The molecule has 0 N–H and O–H groups in total. The van der Waals surface area contributed by atoms with E-state index in [4.69, 9.17) is 0 Å². The van der Waals surface area contributed by atoms with Crippen LogP contribution in [0.2, 0.25) is 0 Å². The maximum Gasteiger partial charge on any atom is 0.101 e. The first-order valence-corrected chi connectivity index (χ1v) is 16.7. The molecule has 1 heterocycles. The Bertz CT molecular complexity index is 2870. The maximum atomic E-state index is 10.4. The highest BCUT2D eigenvalue weighted by atomic mass is 15.0. The van der Waals surface area contributed by atoms with Gasteiger partial charge in [-0.2, -0.15) is 15.8 Å². The molecule has 4 nitrogen and oxygen atoms in total. The monoisotopic (exact) mass is 646 g/mol. The highest BCUT2D eigenvalue weighted by Crippen LogP contribution is 2.46. The van der Waals surface area contributed by atoms with Crippen molar-refractivity contribution in [2.24, 2.45) is 0 Å². The third-order valence-electron chi connectivity index (χ3n) is 9.88. The van der Waals surface area contributed by atoms with Gasteiger partial charge < -0.3 is 4.57 Å². The fourth-order valence-corrected chi connectivity index (χ4v) is 7.69. The summed E-state index contributed by atoms with van der Waals surface area (Å²) in [5.41, 5.74) is 10.7. The Hall–Kier alpha value is -7.45. The summed E-state index contributed by atoms with van der Waals surface area (Å²) in [6.07, 6.45) is 0. The summed E-state index contributed by atoms with van der Waals surface area (Å²) in [5.74, 6) is 0. The summed E-state index contributed by atoms with van der Waals surface area (Å²) in [5, 5.41) is 36.3. The number of nitrogens with zero attached hydrogens (tertiary/aromatic N) is 4. The van der Waals surface area contributed by atoms with Crippen molar-refractivity contribution in [2.45, 2.75) is 0 Å². The fourth-order valence-electron chi connectivity index (χ4n) is 7.69. The van der Waals surface area contributed by atoms with Crippen molar-refractivity contribution >= 4 is 43.4 Å². The third kappa shape index (κ3) is 4.66. The SMILES string of the molecule is N#Cc1ccc2c(c1)c1cc(C#N)ccc1n2-c1cc(-c2ccccc2-c2c3ccccc3c(-c3ccccc3)c3ccccc23)ccc1C#N. The molecule has 1 aromatic heterocycles. The van der Waals surface area contributed by atoms with Gasteiger partial charge in [-0.05, 0) is 103 Å². The van der Waals surface area contributed by atoms with Gasteiger partial charge in [0.15, 0.2) is 0 Å². The summed E-state index contributed by atoms with van der Waals surface area (Å²) in [4.78, 5) is 0. The van der Waals surface area contributed by atoms with E-state index in [1.165, 1.54) is 32.7 Å². The maximum absolute atomic E-state index is 10.4. The van der Waals surface area contributed by atoms with Crippen LogP contribution < -0.4 is 0 Å². The molecule has 9 rings (SSSR count). The van der Waals surface area contributed by atoms with E-state index >= 15 is 0 Å². The minimum atomic E-state index is 0.520. The lowest BCUT2D eigenvalue weighted by molar-refractivity contribution is 1.17. The molecule has 0 radical (unpaired) electrons. The molecule has 234 valence electrons. The predicted molar refractivity (Wildman–Crippen MR) is 206 cm³/mol. The third-order valence-corrected chi connectivity index (χ3v) is 9.88. The lowest BCUT2D eigenvalue weighted by Crippen LogP contribution is -1.99. The Labute approximate surface area is 294 Å². The second kappa shape index (κ2) is 11.9. The zero-order valence-corrected chi connectivity index (χ0v) is 27.3. The summed E-state index contributed by atoms with van der Waals surface area (Å²) < 4.78 is 2.08. The van der Waals surface area contributed by atoms with Gasteiger partial charge in [0.25, 0.3) is 0 Å².